The van der Waals surface area contributed by atoms with Crippen molar-refractivity contribution in [2.24, 2.45) is 5.92 Å². The van der Waals surface area contributed by atoms with E-state index in [1.54, 1.807) is 0 Å². The fraction of sp³-hybridized carbons (Fsp3) is 0.250. The highest BCUT2D eigenvalue weighted by Gasteiger charge is 2.67. The second-order valence-electron chi connectivity index (χ2n) is 9.61. The molecule has 0 heterocycles. The first-order chi connectivity index (χ1) is 20.0. The van der Waals surface area contributed by atoms with Gasteiger partial charge in [0.1, 0.15) is 21.8 Å². The number of hydrogen-bond donors (Lipinski definition) is 1. The zero-order chi connectivity index (χ0) is 32.0. The predicted molar refractivity (Wildman–Crippen MR) is 146 cm³/mol. The number of alkyl halides is 6. The summed E-state index contributed by atoms with van der Waals surface area (Å²) in [6, 6.07) is 8.88. The van der Waals surface area contributed by atoms with Crippen molar-refractivity contribution in [3.63, 3.8) is 0 Å². The summed E-state index contributed by atoms with van der Waals surface area (Å²) in [5.74, 6) is -14.5. The number of hydrogen-bond acceptors (Lipinski definition) is 3. The van der Waals surface area contributed by atoms with E-state index in [9.17, 15) is 45.1 Å². The molecular weight excluding hydrogens is 673 g/mol. The molecule has 1 amide bonds. The predicted octanol–water partition coefficient (Wildman–Crippen LogP) is 8.37. The second-order valence-corrected chi connectivity index (χ2v) is 11.9. The van der Waals surface area contributed by atoms with Crippen molar-refractivity contribution >= 4 is 69.6 Å². The second kappa shape index (κ2) is 12.3. The van der Waals surface area contributed by atoms with Crippen LogP contribution in [0.15, 0.2) is 48.5 Å². The van der Waals surface area contributed by atoms with Gasteiger partial charge in [0.2, 0.25) is 11.7 Å². The van der Waals surface area contributed by atoms with Crippen LogP contribution in [0.5, 0.6) is 0 Å². The van der Waals surface area contributed by atoms with Crippen LogP contribution < -0.4 is 5.32 Å². The molecule has 228 valence electrons. The molecule has 0 spiro atoms. The van der Waals surface area contributed by atoms with Crippen molar-refractivity contribution in [1.29, 1.82) is 0 Å². The van der Waals surface area contributed by atoms with Crippen molar-refractivity contribution in [1.82, 2.24) is 0 Å². The molecule has 3 aromatic rings. The summed E-state index contributed by atoms with van der Waals surface area (Å²) in [6.45, 7) is 0. The van der Waals surface area contributed by atoms with E-state index < -0.39 is 87.4 Å². The Morgan fingerprint density at radius 3 is 2.16 bits per heavy atom. The van der Waals surface area contributed by atoms with Crippen molar-refractivity contribution in [3.05, 3.63) is 98.3 Å². The monoisotopic (exact) mass is 687 g/mol. The van der Waals surface area contributed by atoms with Crippen molar-refractivity contribution in [2.75, 3.05) is 5.32 Å². The Hall–Kier alpha value is -2.86. The molecule has 0 aliphatic heterocycles. The van der Waals surface area contributed by atoms with E-state index in [2.05, 4.69) is 5.32 Å². The number of ketones is 2. The van der Waals surface area contributed by atoms with Gasteiger partial charge in [-0.1, -0.05) is 35.3 Å². The zero-order valence-corrected chi connectivity index (χ0v) is 24.2. The van der Waals surface area contributed by atoms with Gasteiger partial charge in [-0.25, -0.2) is 22.0 Å². The lowest BCUT2D eigenvalue weighted by Crippen LogP contribution is -2.38. The van der Waals surface area contributed by atoms with Gasteiger partial charge < -0.3 is 5.32 Å². The van der Waals surface area contributed by atoms with E-state index in [0.29, 0.717) is 11.6 Å². The molecule has 4 nitrogen and oxygen atoms in total. The topological polar surface area (TPSA) is 63.2 Å². The van der Waals surface area contributed by atoms with Crippen LogP contribution in [-0.2, 0) is 22.4 Å². The lowest BCUT2D eigenvalue weighted by molar-refractivity contribution is -0.166. The highest BCUT2D eigenvalue weighted by molar-refractivity contribution is 6.53. The molecule has 1 fully saturated rings. The van der Waals surface area contributed by atoms with Crippen LogP contribution in [0, 0.1) is 23.4 Å². The number of amides is 1. The molecule has 0 unspecified atom stereocenters. The fourth-order valence-electron chi connectivity index (χ4n) is 4.42. The molecule has 2 atom stereocenters. The van der Waals surface area contributed by atoms with Crippen LogP contribution in [0.1, 0.15) is 33.0 Å². The third kappa shape index (κ3) is 6.64. The van der Waals surface area contributed by atoms with Crippen LogP contribution in [0.4, 0.5) is 36.4 Å². The van der Waals surface area contributed by atoms with Crippen LogP contribution in [0.25, 0.3) is 0 Å². The van der Waals surface area contributed by atoms with Gasteiger partial charge in [-0.05, 0) is 47.5 Å². The Labute approximate surface area is 259 Å². The van der Waals surface area contributed by atoms with E-state index >= 15 is 0 Å². The van der Waals surface area contributed by atoms with Gasteiger partial charge in [0, 0.05) is 35.6 Å². The maximum Gasteiger partial charge on any atom is 0.364 e. The number of Topliss-reactive ketones (excluding diaryl/α,β-unsaturated/α-hetero) is 2. The van der Waals surface area contributed by atoms with Crippen LogP contribution in [0.3, 0.4) is 0 Å². The van der Waals surface area contributed by atoms with E-state index in [1.165, 1.54) is 24.3 Å². The zero-order valence-electron chi connectivity index (χ0n) is 21.1. The van der Waals surface area contributed by atoms with E-state index in [4.69, 9.17) is 46.4 Å². The van der Waals surface area contributed by atoms with Gasteiger partial charge in [0.05, 0.1) is 16.0 Å². The summed E-state index contributed by atoms with van der Waals surface area (Å²) in [7, 11) is 0. The van der Waals surface area contributed by atoms with Crippen molar-refractivity contribution < 1.29 is 45.1 Å². The lowest BCUT2D eigenvalue weighted by atomic mass is 9.97. The maximum absolute atomic E-state index is 15.0. The number of anilines is 1. The average molecular weight is 689 g/mol. The van der Waals surface area contributed by atoms with E-state index in [-0.39, 0.29) is 21.3 Å². The quantitative estimate of drug-likeness (QED) is 0.132. The molecule has 3 aromatic carbocycles. The van der Waals surface area contributed by atoms with E-state index in [0.717, 1.165) is 18.2 Å². The van der Waals surface area contributed by atoms with Gasteiger partial charge in [0.15, 0.2) is 5.78 Å². The Morgan fingerprint density at radius 1 is 0.884 bits per heavy atom. The molecule has 0 saturated heterocycles. The molecular formula is C28H16Cl4F7NO3. The Morgan fingerprint density at radius 2 is 1.53 bits per heavy atom. The first-order valence-electron chi connectivity index (χ1n) is 12.1. The third-order valence-electron chi connectivity index (χ3n) is 6.77. The minimum absolute atomic E-state index is 0.0461. The first kappa shape index (κ1) is 33.0. The number of rotatable bonds is 10. The SMILES string of the molecule is O=C(Cc1ccc(F)c(CC(=O)C(F)(F)C(F)F)c1F)c1cc(NC(=O)[C@H]2[C@H](c3ccc(F)c(Cl)c3)C2(Cl)Cl)ccc1Cl. The number of halogens is 11. The minimum atomic E-state index is -5.14. The minimum Gasteiger partial charge on any atom is -0.326 e. The standard InChI is InChI=1S/C28H16Cl4F7NO3/c29-16-4-3-13(40-25(43)23-22(27(23,31)32)11-1-6-19(34)17(30)7-11)9-14(16)20(41)8-12-2-5-18(33)15(24(12)35)10-21(42)28(38,39)26(36)37/h1-7,9,22-23,26H,8,10H2,(H,40,43)/t22-,23+/m0/s1. The molecule has 15 heteroatoms. The number of benzene rings is 3. The number of carbonyl (C=O) groups excluding carboxylic acids is 3. The van der Waals surface area contributed by atoms with Crippen LogP contribution in [-0.4, -0.2) is 34.2 Å². The summed E-state index contributed by atoms with van der Waals surface area (Å²) in [5.41, 5.74) is -1.53. The summed E-state index contributed by atoms with van der Waals surface area (Å²) in [5, 5.41) is 2.19. The molecule has 4 rings (SSSR count). The average Bonchev–Trinajstić information content (AvgIpc) is 3.52. The molecule has 1 N–H and O–H groups in total. The maximum atomic E-state index is 15.0. The molecule has 0 aromatic heterocycles. The van der Waals surface area contributed by atoms with Crippen molar-refractivity contribution in [3.8, 4) is 0 Å². The van der Waals surface area contributed by atoms with E-state index in [1.807, 2.05) is 0 Å². The normalized spacial score (nSPS) is 17.6. The third-order valence-corrected chi connectivity index (χ3v) is 8.33. The van der Waals surface area contributed by atoms with Crippen molar-refractivity contribution in [2.45, 2.75) is 35.4 Å². The fourth-order valence-corrected chi connectivity index (χ4v) is 5.66. The smallest absolute Gasteiger partial charge is 0.326 e. The molecule has 1 aliphatic rings. The Balaban J connectivity index is 1.51. The summed E-state index contributed by atoms with van der Waals surface area (Å²) in [6.07, 6.45) is -6.88. The number of carbonyl (C=O) groups is 3. The first-order valence-corrected chi connectivity index (χ1v) is 13.6. The largest absolute Gasteiger partial charge is 0.364 e. The summed E-state index contributed by atoms with van der Waals surface area (Å²) in [4.78, 5) is 37.6. The van der Waals surface area contributed by atoms with Crippen LogP contribution >= 0.6 is 46.4 Å². The molecule has 1 saturated carbocycles. The highest BCUT2D eigenvalue weighted by Crippen LogP contribution is 2.65. The van der Waals surface area contributed by atoms with Gasteiger partial charge >= 0.3 is 12.3 Å². The summed E-state index contributed by atoms with van der Waals surface area (Å²) >= 11 is 24.5. The van der Waals surface area contributed by atoms with Gasteiger partial charge in [0.25, 0.3) is 0 Å². The molecule has 0 bridgehead atoms. The Bertz CT molecular complexity index is 1630. The number of nitrogens with one attached hydrogen (secondary N) is 1. The Kier molecular flexibility index (Phi) is 9.42. The van der Waals surface area contributed by atoms with Gasteiger partial charge in [-0.3, -0.25) is 14.4 Å². The van der Waals surface area contributed by atoms with Gasteiger partial charge in [-0.15, -0.1) is 23.2 Å². The molecule has 43 heavy (non-hydrogen) atoms. The molecule has 0 radical (unpaired) electrons. The summed E-state index contributed by atoms with van der Waals surface area (Å²) < 4.78 is 92.8. The highest BCUT2D eigenvalue weighted by atomic mass is 35.5. The lowest BCUT2D eigenvalue weighted by Gasteiger charge is -2.15. The van der Waals surface area contributed by atoms with Crippen LogP contribution in [0.2, 0.25) is 10.0 Å². The van der Waals surface area contributed by atoms with Gasteiger partial charge in [-0.2, -0.15) is 8.78 Å². The molecule has 1 aliphatic carbocycles.